The Morgan fingerprint density at radius 2 is 1.92 bits per heavy atom. The van der Waals surface area contributed by atoms with Crippen molar-refractivity contribution in [2.24, 2.45) is 0 Å². The maximum atomic E-state index is 12.7. The highest BCUT2D eigenvalue weighted by atomic mass is 32.1. The van der Waals surface area contributed by atoms with E-state index in [1.807, 2.05) is 32.9 Å². The van der Waals surface area contributed by atoms with Crippen LogP contribution in [0.3, 0.4) is 0 Å². The molecule has 2 aromatic carbocycles. The normalized spacial score (nSPS) is 10.6. The molecule has 0 bridgehead atoms. The SMILES string of the molecule is CCOc1ccc(C(=O)c2sc(Nc3ccc(C)cc3C)nc2N)cc1. The van der Waals surface area contributed by atoms with Gasteiger partial charge < -0.3 is 15.8 Å². The van der Waals surface area contributed by atoms with Crippen LogP contribution in [0.15, 0.2) is 42.5 Å². The average Bonchev–Trinajstić information content (AvgIpc) is 2.98. The molecule has 6 heteroatoms. The van der Waals surface area contributed by atoms with Gasteiger partial charge in [0.25, 0.3) is 0 Å². The van der Waals surface area contributed by atoms with Gasteiger partial charge in [-0.3, -0.25) is 4.79 Å². The molecule has 3 aromatic rings. The van der Waals surface area contributed by atoms with Gasteiger partial charge >= 0.3 is 0 Å². The Bertz CT molecular complexity index is 933. The highest BCUT2D eigenvalue weighted by Gasteiger charge is 2.18. The number of aromatic nitrogens is 1. The Morgan fingerprint density at radius 3 is 2.58 bits per heavy atom. The molecular weight excluding hydrogens is 346 g/mol. The van der Waals surface area contributed by atoms with E-state index in [1.54, 1.807) is 24.3 Å². The quantitative estimate of drug-likeness (QED) is 0.617. The number of nitrogens with zero attached hydrogens (tertiary/aromatic N) is 1. The van der Waals surface area contributed by atoms with Crippen LogP contribution in [-0.2, 0) is 0 Å². The first-order chi connectivity index (χ1) is 12.5. The summed E-state index contributed by atoms with van der Waals surface area (Å²) in [6.07, 6.45) is 0. The second-order valence-electron chi connectivity index (χ2n) is 5.96. The van der Waals surface area contributed by atoms with Crippen LogP contribution in [0.25, 0.3) is 0 Å². The minimum absolute atomic E-state index is 0.142. The number of hydrogen-bond acceptors (Lipinski definition) is 6. The third kappa shape index (κ3) is 3.86. The molecule has 134 valence electrons. The van der Waals surface area contributed by atoms with Gasteiger partial charge in [-0.15, -0.1) is 0 Å². The predicted molar refractivity (Wildman–Crippen MR) is 107 cm³/mol. The largest absolute Gasteiger partial charge is 0.494 e. The zero-order chi connectivity index (χ0) is 18.7. The lowest BCUT2D eigenvalue weighted by Gasteiger charge is -2.07. The zero-order valence-corrected chi connectivity index (χ0v) is 15.8. The van der Waals surface area contributed by atoms with Gasteiger partial charge in [0.05, 0.1) is 6.61 Å². The topological polar surface area (TPSA) is 77.2 Å². The Balaban J connectivity index is 1.81. The van der Waals surface area contributed by atoms with Crippen LogP contribution in [0.4, 0.5) is 16.6 Å². The van der Waals surface area contributed by atoms with Gasteiger partial charge in [-0.25, -0.2) is 4.98 Å². The van der Waals surface area contributed by atoms with E-state index in [1.165, 1.54) is 16.9 Å². The fraction of sp³-hybridized carbons (Fsp3) is 0.200. The standard InChI is InChI=1S/C20H21N3O2S/c1-4-25-15-8-6-14(7-9-15)17(24)18-19(21)23-20(26-18)22-16-10-5-12(2)11-13(16)3/h5-11H,4,21H2,1-3H3,(H,22,23). The number of nitrogen functional groups attached to an aromatic ring is 1. The number of aryl methyl sites for hydroxylation is 2. The van der Waals surface area contributed by atoms with Gasteiger partial charge in [-0.05, 0) is 56.7 Å². The zero-order valence-electron chi connectivity index (χ0n) is 15.0. The maximum absolute atomic E-state index is 12.7. The van der Waals surface area contributed by atoms with Gasteiger partial charge in [0.1, 0.15) is 16.4 Å². The summed E-state index contributed by atoms with van der Waals surface area (Å²) in [6, 6.07) is 13.2. The second-order valence-corrected chi connectivity index (χ2v) is 6.96. The lowest BCUT2D eigenvalue weighted by Crippen LogP contribution is -2.02. The molecule has 0 aliphatic rings. The van der Waals surface area contributed by atoms with Crippen LogP contribution in [0.5, 0.6) is 5.75 Å². The monoisotopic (exact) mass is 367 g/mol. The average molecular weight is 367 g/mol. The van der Waals surface area contributed by atoms with Crippen molar-refractivity contribution in [1.29, 1.82) is 0 Å². The van der Waals surface area contributed by atoms with E-state index < -0.39 is 0 Å². The molecule has 0 radical (unpaired) electrons. The third-order valence-electron chi connectivity index (χ3n) is 3.91. The number of ether oxygens (including phenoxy) is 1. The molecule has 3 rings (SSSR count). The van der Waals surface area contributed by atoms with Gasteiger partial charge in [0, 0.05) is 11.3 Å². The second kappa shape index (κ2) is 7.58. The third-order valence-corrected chi connectivity index (χ3v) is 4.90. The van der Waals surface area contributed by atoms with Gasteiger partial charge in [-0.2, -0.15) is 0 Å². The van der Waals surface area contributed by atoms with Crippen molar-refractivity contribution in [2.75, 3.05) is 17.7 Å². The van der Waals surface area contributed by atoms with Crippen molar-refractivity contribution in [3.8, 4) is 5.75 Å². The molecule has 5 nitrogen and oxygen atoms in total. The van der Waals surface area contributed by atoms with E-state index in [0.29, 0.717) is 22.2 Å². The minimum Gasteiger partial charge on any atom is -0.494 e. The number of thiazole rings is 1. The number of rotatable bonds is 6. The molecule has 3 N–H and O–H groups in total. The fourth-order valence-corrected chi connectivity index (χ4v) is 3.48. The lowest BCUT2D eigenvalue weighted by atomic mass is 10.1. The van der Waals surface area contributed by atoms with Crippen LogP contribution >= 0.6 is 11.3 Å². The molecule has 0 atom stereocenters. The first-order valence-electron chi connectivity index (χ1n) is 8.36. The van der Waals surface area contributed by atoms with Crippen molar-refractivity contribution in [2.45, 2.75) is 20.8 Å². The minimum atomic E-state index is -0.142. The molecule has 1 heterocycles. The Labute approximate surface area is 156 Å². The highest BCUT2D eigenvalue weighted by Crippen LogP contribution is 2.31. The molecule has 26 heavy (non-hydrogen) atoms. The molecule has 0 unspecified atom stereocenters. The first kappa shape index (κ1) is 17.9. The van der Waals surface area contributed by atoms with Crippen LogP contribution in [0.2, 0.25) is 0 Å². The lowest BCUT2D eigenvalue weighted by molar-refractivity contribution is 0.104. The summed E-state index contributed by atoms with van der Waals surface area (Å²) < 4.78 is 5.40. The summed E-state index contributed by atoms with van der Waals surface area (Å²) in [5.41, 5.74) is 9.79. The number of carbonyl (C=O) groups excluding carboxylic acids is 1. The smallest absolute Gasteiger partial charge is 0.206 e. The van der Waals surface area contributed by atoms with Crippen LogP contribution in [0, 0.1) is 13.8 Å². The molecule has 0 aliphatic heterocycles. The van der Waals surface area contributed by atoms with Crippen molar-refractivity contribution in [3.63, 3.8) is 0 Å². The predicted octanol–water partition coefficient (Wildman–Crippen LogP) is 4.72. The van der Waals surface area contributed by atoms with Crippen molar-refractivity contribution >= 4 is 33.8 Å². The summed E-state index contributed by atoms with van der Waals surface area (Å²) in [5, 5.41) is 3.85. The summed E-state index contributed by atoms with van der Waals surface area (Å²) in [5.74, 6) is 0.830. The number of anilines is 3. The van der Waals surface area contributed by atoms with E-state index >= 15 is 0 Å². The van der Waals surface area contributed by atoms with Crippen molar-refractivity contribution in [1.82, 2.24) is 4.98 Å². The fourth-order valence-electron chi connectivity index (χ4n) is 2.62. The van der Waals surface area contributed by atoms with E-state index in [2.05, 4.69) is 16.4 Å². The number of benzene rings is 2. The number of nitrogens with one attached hydrogen (secondary N) is 1. The number of carbonyl (C=O) groups is 1. The van der Waals surface area contributed by atoms with E-state index in [0.717, 1.165) is 17.0 Å². The summed E-state index contributed by atoms with van der Waals surface area (Å²) in [4.78, 5) is 17.5. The summed E-state index contributed by atoms with van der Waals surface area (Å²) >= 11 is 1.26. The highest BCUT2D eigenvalue weighted by molar-refractivity contribution is 7.18. The molecule has 0 saturated heterocycles. The number of hydrogen-bond donors (Lipinski definition) is 2. The summed E-state index contributed by atoms with van der Waals surface area (Å²) in [7, 11) is 0. The van der Waals surface area contributed by atoms with Crippen LogP contribution < -0.4 is 15.8 Å². The van der Waals surface area contributed by atoms with Crippen molar-refractivity contribution < 1.29 is 9.53 Å². The van der Waals surface area contributed by atoms with E-state index in [4.69, 9.17) is 10.5 Å². The van der Waals surface area contributed by atoms with E-state index in [9.17, 15) is 4.79 Å². The van der Waals surface area contributed by atoms with Gasteiger partial charge in [0.2, 0.25) is 5.78 Å². The Morgan fingerprint density at radius 1 is 1.19 bits per heavy atom. The summed E-state index contributed by atoms with van der Waals surface area (Å²) in [6.45, 7) is 6.58. The molecule has 1 aromatic heterocycles. The van der Waals surface area contributed by atoms with Crippen LogP contribution in [0.1, 0.15) is 33.3 Å². The molecule has 0 fully saturated rings. The van der Waals surface area contributed by atoms with Gasteiger partial charge in [0.15, 0.2) is 5.13 Å². The first-order valence-corrected chi connectivity index (χ1v) is 9.17. The number of nitrogens with two attached hydrogens (primary N) is 1. The van der Waals surface area contributed by atoms with Crippen molar-refractivity contribution in [3.05, 3.63) is 64.0 Å². The van der Waals surface area contributed by atoms with Gasteiger partial charge in [-0.1, -0.05) is 29.0 Å². The van der Waals surface area contributed by atoms with Crippen LogP contribution in [-0.4, -0.2) is 17.4 Å². The Kier molecular flexibility index (Phi) is 5.23. The molecule has 0 saturated carbocycles. The molecule has 0 spiro atoms. The Hall–Kier alpha value is -2.86. The molecule has 0 amide bonds. The van der Waals surface area contributed by atoms with E-state index in [-0.39, 0.29) is 11.6 Å². The molecular formula is C20H21N3O2S. The molecule has 0 aliphatic carbocycles. The maximum Gasteiger partial charge on any atom is 0.206 e. The number of ketones is 1.